The second-order valence-electron chi connectivity index (χ2n) is 8.56. The Morgan fingerprint density at radius 2 is 1.14 bits per heavy atom. The number of carbonyl (C=O) groups is 1. The Labute approximate surface area is 219 Å². The third-order valence-electron chi connectivity index (χ3n) is 6.21. The molecule has 180 valence electrons. The van der Waals surface area contributed by atoms with Crippen LogP contribution in [-0.4, -0.2) is 13.1 Å². The van der Waals surface area contributed by atoms with E-state index in [9.17, 15) is 4.79 Å². The molecule has 3 heteroatoms. The van der Waals surface area contributed by atoms with E-state index >= 15 is 0 Å². The maximum Gasteiger partial charge on any atom is 0.337 e. The van der Waals surface area contributed by atoms with E-state index < -0.39 is 7.92 Å². The summed E-state index contributed by atoms with van der Waals surface area (Å²) >= 11 is 0. The third-order valence-corrected chi connectivity index (χ3v) is 8.71. The molecule has 0 aliphatic rings. The molecule has 0 aromatic heterocycles. The minimum Gasteiger partial charge on any atom is -0.465 e. The molecule has 5 aromatic rings. The molecular weight excluding hydrogens is 471 g/mol. The van der Waals surface area contributed by atoms with E-state index in [1.54, 1.807) is 12.1 Å². The highest BCUT2D eigenvalue weighted by Crippen LogP contribution is 2.38. The van der Waals surface area contributed by atoms with Crippen molar-refractivity contribution in [2.45, 2.75) is 0 Å². The molecule has 5 rings (SSSR count). The summed E-state index contributed by atoms with van der Waals surface area (Å²) in [6.45, 7) is 0. The highest BCUT2D eigenvalue weighted by atomic mass is 31.1. The van der Waals surface area contributed by atoms with Gasteiger partial charge in [-0.05, 0) is 58.2 Å². The van der Waals surface area contributed by atoms with Crippen molar-refractivity contribution in [1.82, 2.24) is 0 Å². The lowest BCUT2D eigenvalue weighted by Gasteiger charge is -2.23. The Morgan fingerprint density at radius 3 is 1.76 bits per heavy atom. The maximum atomic E-state index is 11.8. The van der Waals surface area contributed by atoms with Crippen LogP contribution in [0.3, 0.4) is 0 Å². The van der Waals surface area contributed by atoms with Crippen molar-refractivity contribution in [2.75, 3.05) is 7.11 Å². The zero-order valence-corrected chi connectivity index (χ0v) is 21.5. The van der Waals surface area contributed by atoms with Crippen LogP contribution in [0, 0.1) is 0 Å². The lowest BCUT2D eigenvalue weighted by Crippen LogP contribution is -2.22. The van der Waals surface area contributed by atoms with E-state index in [2.05, 4.69) is 121 Å². The molecule has 0 aliphatic heterocycles. The maximum absolute atomic E-state index is 11.8. The zero-order valence-electron chi connectivity index (χ0n) is 20.6. The van der Waals surface area contributed by atoms with Crippen molar-refractivity contribution in [2.24, 2.45) is 0 Å². The molecule has 0 radical (unpaired) electrons. The fourth-order valence-electron chi connectivity index (χ4n) is 4.40. The van der Waals surface area contributed by atoms with Gasteiger partial charge in [-0.15, -0.1) is 0 Å². The van der Waals surface area contributed by atoms with Gasteiger partial charge >= 0.3 is 5.97 Å². The van der Waals surface area contributed by atoms with E-state index in [0.29, 0.717) is 5.56 Å². The molecule has 5 aromatic carbocycles. The smallest absolute Gasteiger partial charge is 0.337 e. The number of hydrogen-bond donors (Lipinski definition) is 0. The molecule has 2 nitrogen and oxygen atoms in total. The van der Waals surface area contributed by atoms with Gasteiger partial charge in [-0.1, -0.05) is 133 Å². The van der Waals surface area contributed by atoms with Crippen molar-refractivity contribution < 1.29 is 9.53 Å². The Bertz CT molecular complexity index is 1470. The van der Waals surface area contributed by atoms with E-state index in [1.807, 2.05) is 12.1 Å². The average Bonchev–Trinajstić information content (AvgIpc) is 2.98. The SMILES string of the molecule is COC(=O)c1ccc(C=Cc2ccccc2-c2ccccc2P(c2ccccc2)c2ccccc2)cc1. The normalized spacial score (nSPS) is 11.1. The van der Waals surface area contributed by atoms with E-state index in [0.717, 1.165) is 11.1 Å². The second kappa shape index (κ2) is 11.6. The van der Waals surface area contributed by atoms with Gasteiger partial charge in [0.05, 0.1) is 12.7 Å². The topological polar surface area (TPSA) is 26.3 Å². The van der Waals surface area contributed by atoms with Crippen molar-refractivity contribution in [1.29, 1.82) is 0 Å². The molecular formula is C34H27O2P. The van der Waals surface area contributed by atoms with Crippen molar-refractivity contribution >= 4 is 42.0 Å². The first-order valence-electron chi connectivity index (χ1n) is 12.2. The number of rotatable bonds is 7. The summed E-state index contributed by atoms with van der Waals surface area (Å²) in [5.41, 5.74) is 5.14. The highest BCUT2D eigenvalue weighted by Gasteiger charge is 2.20. The molecule has 0 bridgehead atoms. The molecule has 0 fully saturated rings. The minimum atomic E-state index is -0.735. The Balaban J connectivity index is 1.57. The molecule has 0 spiro atoms. The summed E-state index contributed by atoms with van der Waals surface area (Å²) in [6, 6.07) is 46.3. The van der Waals surface area contributed by atoms with Gasteiger partial charge in [0.15, 0.2) is 0 Å². The molecule has 0 saturated carbocycles. The standard InChI is InChI=1S/C34H27O2P/c1-36-34(35)28-24-21-26(22-25-28)20-23-27-12-8-9-17-31(27)32-18-10-11-19-33(32)37(29-13-4-2-5-14-29)30-15-6-3-7-16-30/h2-25H,1H3. The first-order valence-corrected chi connectivity index (χ1v) is 13.5. The number of ether oxygens (including phenoxy) is 1. The number of hydrogen-bond acceptors (Lipinski definition) is 2. The lowest BCUT2D eigenvalue weighted by atomic mass is 9.98. The van der Waals surface area contributed by atoms with Crippen LogP contribution in [0.5, 0.6) is 0 Å². The van der Waals surface area contributed by atoms with Gasteiger partial charge in [0.25, 0.3) is 0 Å². The predicted molar refractivity (Wildman–Crippen MR) is 157 cm³/mol. The van der Waals surface area contributed by atoms with Crippen LogP contribution in [0.4, 0.5) is 0 Å². The van der Waals surface area contributed by atoms with Crippen LogP contribution in [-0.2, 0) is 4.74 Å². The molecule has 0 saturated heterocycles. The summed E-state index contributed by atoms with van der Waals surface area (Å²) < 4.78 is 4.81. The zero-order chi connectivity index (χ0) is 25.5. The predicted octanol–water partition coefficient (Wildman–Crippen LogP) is 7.07. The first kappa shape index (κ1) is 24.4. The molecule has 0 N–H and O–H groups in total. The fraction of sp³-hybridized carbons (Fsp3) is 0.0294. The Morgan fingerprint density at radius 1 is 0.595 bits per heavy atom. The van der Waals surface area contributed by atoms with E-state index in [-0.39, 0.29) is 5.97 Å². The van der Waals surface area contributed by atoms with E-state index in [4.69, 9.17) is 4.74 Å². The summed E-state index contributed by atoms with van der Waals surface area (Å²) in [5.74, 6) is -0.328. The molecule has 0 unspecified atom stereocenters. The number of benzene rings is 5. The second-order valence-corrected chi connectivity index (χ2v) is 10.7. The number of carbonyl (C=O) groups excluding carboxylic acids is 1. The highest BCUT2D eigenvalue weighted by molar-refractivity contribution is 7.80. The van der Waals surface area contributed by atoms with Gasteiger partial charge in [0, 0.05) is 0 Å². The average molecular weight is 499 g/mol. The van der Waals surface area contributed by atoms with Crippen molar-refractivity contribution in [3.05, 3.63) is 150 Å². The summed E-state index contributed by atoms with van der Waals surface area (Å²) in [5, 5.41) is 3.99. The summed E-state index contributed by atoms with van der Waals surface area (Å²) in [7, 11) is 0.660. The van der Waals surface area contributed by atoms with E-state index in [1.165, 1.54) is 34.2 Å². The Hall–Kier alpha value is -4.26. The van der Waals surface area contributed by atoms with Gasteiger partial charge in [-0.3, -0.25) is 0 Å². The summed E-state index contributed by atoms with van der Waals surface area (Å²) in [6.07, 6.45) is 4.23. The largest absolute Gasteiger partial charge is 0.465 e. The van der Waals surface area contributed by atoms with Crippen molar-refractivity contribution in [3.63, 3.8) is 0 Å². The monoisotopic (exact) mass is 498 g/mol. The van der Waals surface area contributed by atoms with Gasteiger partial charge in [0.1, 0.15) is 0 Å². The van der Waals surface area contributed by atoms with Crippen LogP contribution >= 0.6 is 7.92 Å². The van der Waals surface area contributed by atoms with Gasteiger partial charge in [-0.25, -0.2) is 4.79 Å². The molecule has 0 amide bonds. The third kappa shape index (κ3) is 5.61. The quantitative estimate of drug-likeness (QED) is 0.136. The van der Waals surface area contributed by atoms with Crippen LogP contribution in [0.1, 0.15) is 21.5 Å². The van der Waals surface area contributed by atoms with Crippen LogP contribution in [0.15, 0.2) is 133 Å². The molecule has 37 heavy (non-hydrogen) atoms. The van der Waals surface area contributed by atoms with Gasteiger partial charge in [-0.2, -0.15) is 0 Å². The number of esters is 1. The fourth-order valence-corrected chi connectivity index (χ4v) is 6.87. The van der Waals surface area contributed by atoms with Gasteiger partial charge < -0.3 is 4.74 Å². The molecule has 0 atom stereocenters. The minimum absolute atomic E-state index is 0.328. The molecule has 0 heterocycles. The summed E-state index contributed by atoms with van der Waals surface area (Å²) in [4.78, 5) is 11.8. The van der Waals surface area contributed by atoms with Crippen LogP contribution < -0.4 is 15.9 Å². The Kier molecular flexibility index (Phi) is 7.69. The van der Waals surface area contributed by atoms with Crippen LogP contribution in [0.2, 0.25) is 0 Å². The van der Waals surface area contributed by atoms with Crippen LogP contribution in [0.25, 0.3) is 23.3 Å². The van der Waals surface area contributed by atoms with Gasteiger partial charge in [0.2, 0.25) is 0 Å². The number of methoxy groups -OCH3 is 1. The first-order chi connectivity index (χ1) is 18.2. The lowest BCUT2D eigenvalue weighted by molar-refractivity contribution is 0.0600. The molecule has 0 aliphatic carbocycles. The van der Waals surface area contributed by atoms with Crippen molar-refractivity contribution in [3.8, 4) is 11.1 Å².